The molecule has 0 spiro atoms. The minimum Gasteiger partial charge on any atom is -0.422 e. The molecule has 0 saturated heterocycles. The Hall–Kier alpha value is -3.08. The molecule has 0 aliphatic rings. The predicted octanol–water partition coefficient (Wildman–Crippen LogP) is 3.79. The highest BCUT2D eigenvalue weighted by molar-refractivity contribution is 5.83. The number of rotatable bonds is 7. The Kier molecular flexibility index (Phi) is 5.37. The lowest BCUT2D eigenvalue weighted by atomic mass is 10.1. The molecule has 3 aromatic rings. The Balaban J connectivity index is 1.85. The summed E-state index contributed by atoms with van der Waals surface area (Å²) in [7, 11) is 0. The van der Waals surface area contributed by atoms with E-state index < -0.39 is 5.63 Å². The zero-order valence-electron chi connectivity index (χ0n) is 15.2. The first kappa shape index (κ1) is 17.7. The largest absolute Gasteiger partial charge is 0.422 e. The normalized spacial score (nSPS) is 10.7. The number of hydrogen-bond donors (Lipinski definition) is 1. The lowest BCUT2D eigenvalue weighted by molar-refractivity contribution is 0.557. The molecule has 3 rings (SSSR count). The first-order chi connectivity index (χ1) is 12.6. The molecular weight excluding hydrogens is 326 g/mol. The Morgan fingerprint density at radius 1 is 1.19 bits per heavy atom. The van der Waals surface area contributed by atoms with Gasteiger partial charge >= 0.3 is 5.63 Å². The van der Waals surface area contributed by atoms with E-state index in [1.807, 2.05) is 42.5 Å². The van der Waals surface area contributed by atoms with E-state index in [9.17, 15) is 4.79 Å². The van der Waals surface area contributed by atoms with Gasteiger partial charge in [-0.2, -0.15) is 0 Å². The minimum absolute atomic E-state index is 0.396. The van der Waals surface area contributed by atoms with Crippen molar-refractivity contribution in [3.05, 3.63) is 76.9 Å². The number of hydrogen-bond acceptors (Lipinski definition) is 5. The van der Waals surface area contributed by atoms with Gasteiger partial charge in [0.2, 0.25) is 0 Å². The molecule has 0 aliphatic carbocycles. The van der Waals surface area contributed by atoms with E-state index in [4.69, 9.17) is 4.42 Å². The van der Waals surface area contributed by atoms with E-state index in [-0.39, 0.29) is 0 Å². The van der Waals surface area contributed by atoms with Crippen LogP contribution >= 0.6 is 0 Å². The highest BCUT2D eigenvalue weighted by Crippen LogP contribution is 2.23. The van der Waals surface area contributed by atoms with Gasteiger partial charge in [-0.25, -0.2) is 4.79 Å². The molecule has 0 fully saturated rings. The number of nitrogens with zero attached hydrogens (tertiary/aromatic N) is 2. The van der Waals surface area contributed by atoms with Crippen LogP contribution in [-0.4, -0.2) is 18.1 Å². The molecule has 0 amide bonds. The fourth-order valence-electron chi connectivity index (χ4n) is 2.89. The third-order valence-corrected chi connectivity index (χ3v) is 4.38. The average Bonchev–Trinajstić information content (AvgIpc) is 2.67. The Morgan fingerprint density at radius 3 is 2.69 bits per heavy atom. The Bertz CT molecular complexity index is 960. The van der Waals surface area contributed by atoms with Gasteiger partial charge in [0.05, 0.1) is 17.8 Å². The zero-order chi connectivity index (χ0) is 18.5. The maximum atomic E-state index is 12.4. The fraction of sp³-hybridized carbons (Fsp3) is 0.238. The number of benzene rings is 1. The van der Waals surface area contributed by atoms with E-state index in [0.29, 0.717) is 23.4 Å². The highest BCUT2D eigenvalue weighted by atomic mass is 16.4. The number of aromatic nitrogens is 1. The van der Waals surface area contributed by atoms with Crippen molar-refractivity contribution in [1.29, 1.82) is 0 Å². The van der Waals surface area contributed by atoms with E-state index in [1.54, 1.807) is 6.20 Å². The number of pyridine rings is 1. The van der Waals surface area contributed by atoms with Crippen LogP contribution in [0.25, 0.3) is 16.7 Å². The number of fused-ring (bicyclic) bond motifs is 1. The van der Waals surface area contributed by atoms with Gasteiger partial charge in [-0.1, -0.05) is 12.6 Å². The molecule has 134 valence electrons. The van der Waals surface area contributed by atoms with Gasteiger partial charge in [-0.3, -0.25) is 4.98 Å². The van der Waals surface area contributed by atoms with Crippen LogP contribution < -0.4 is 15.8 Å². The van der Waals surface area contributed by atoms with Crippen molar-refractivity contribution < 1.29 is 4.42 Å². The third kappa shape index (κ3) is 3.77. The Morgan fingerprint density at radius 2 is 2.00 bits per heavy atom. The second kappa shape index (κ2) is 7.87. The third-order valence-electron chi connectivity index (χ3n) is 4.38. The van der Waals surface area contributed by atoms with E-state index in [0.717, 1.165) is 29.9 Å². The molecule has 0 saturated carbocycles. The lowest BCUT2D eigenvalue weighted by Gasteiger charge is -2.21. The molecule has 5 nitrogen and oxygen atoms in total. The standard InChI is InChI=1S/C21H23N3O2/c1-4-24(5-2)18-10-9-16-12-19(21(25)26-20(16)13-18)15(3)23-14-17-8-6-7-11-22-17/h6-13,23H,3-5,14H2,1-2H3. The quantitative estimate of drug-likeness (QED) is 0.658. The summed E-state index contributed by atoms with van der Waals surface area (Å²) in [6.45, 7) is 10.5. The smallest absolute Gasteiger partial charge is 0.345 e. The van der Waals surface area contributed by atoms with Gasteiger partial charge in [0.25, 0.3) is 0 Å². The summed E-state index contributed by atoms with van der Waals surface area (Å²) in [5, 5.41) is 4.01. The Labute approximate surface area is 153 Å². The minimum atomic E-state index is -0.396. The molecule has 0 aliphatic heterocycles. The van der Waals surface area contributed by atoms with Crippen LogP contribution in [0, 0.1) is 0 Å². The SMILES string of the molecule is C=C(NCc1ccccn1)c1cc2ccc(N(CC)CC)cc2oc1=O. The molecule has 0 bridgehead atoms. The van der Waals surface area contributed by atoms with Gasteiger partial charge in [-0.15, -0.1) is 0 Å². The predicted molar refractivity (Wildman–Crippen MR) is 106 cm³/mol. The molecule has 26 heavy (non-hydrogen) atoms. The van der Waals surface area contributed by atoms with Crippen LogP contribution in [-0.2, 0) is 6.54 Å². The second-order valence-electron chi connectivity index (χ2n) is 6.00. The van der Waals surface area contributed by atoms with Crippen LogP contribution in [0.4, 0.5) is 5.69 Å². The van der Waals surface area contributed by atoms with Crippen LogP contribution in [0.2, 0.25) is 0 Å². The van der Waals surface area contributed by atoms with Crippen molar-refractivity contribution in [3.8, 4) is 0 Å². The summed E-state index contributed by atoms with van der Waals surface area (Å²) in [5.74, 6) is 0. The van der Waals surface area contributed by atoms with Gasteiger partial charge in [0, 0.05) is 42.1 Å². The summed E-state index contributed by atoms with van der Waals surface area (Å²) in [6, 6.07) is 13.5. The van der Waals surface area contributed by atoms with Crippen LogP contribution in [0.5, 0.6) is 0 Å². The summed E-state index contributed by atoms with van der Waals surface area (Å²) >= 11 is 0. The van der Waals surface area contributed by atoms with Crippen molar-refractivity contribution in [2.75, 3.05) is 18.0 Å². The zero-order valence-corrected chi connectivity index (χ0v) is 15.2. The summed E-state index contributed by atoms with van der Waals surface area (Å²) < 4.78 is 5.55. The van der Waals surface area contributed by atoms with Crippen molar-refractivity contribution in [1.82, 2.24) is 10.3 Å². The average molecular weight is 349 g/mol. The first-order valence-electron chi connectivity index (χ1n) is 8.78. The van der Waals surface area contributed by atoms with Crippen LogP contribution in [0.1, 0.15) is 25.1 Å². The highest BCUT2D eigenvalue weighted by Gasteiger charge is 2.11. The number of anilines is 1. The van der Waals surface area contributed by atoms with Crippen LogP contribution in [0.3, 0.4) is 0 Å². The molecule has 0 unspecified atom stereocenters. The second-order valence-corrected chi connectivity index (χ2v) is 6.00. The van der Waals surface area contributed by atoms with Crippen LogP contribution in [0.15, 0.2) is 64.5 Å². The molecule has 5 heteroatoms. The fourth-order valence-corrected chi connectivity index (χ4v) is 2.89. The monoisotopic (exact) mass is 349 g/mol. The van der Waals surface area contributed by atoms with Gasteiger partial charge < -0.3 is 14.6 Å². The molecular formula is C21H23N3O2. The summed E-state index contributed by atoms with van der Waals surface area (Å²) in [6.07, 6.45) is 1.73. The maximum Gasteiger partial charge on any atom is 0.345 e. The first-order valence-corrected chi connectivity index (χ1v) is 8.78. The summed E-state index contributed by atoms with van der Waals surface area (Å²) in [5.41, 5.74) is 3.07. The van der Waals surface area contributed by atoms with E-state index in [1.165, 1.54) is 0 Å². The molecule has 0 atom stereocenters. The van der Waals surface area contributed by atoms with Crippen molar-refractivity contribution in [2.45, 2.75) is 20.4 Å². The van der Waals surface area contributed by atoms with Gasteiger partial charge in [-0.05, 0) is 44.2 Å². The molecule has 1 N–H and O–H groups in total. The molecule has 1 aromatic carbocycles. The topological polar surface area (TPSA) is 58.4 Å². The van der Waals surface area contributed by atoms with Crippen molar-refractivity contribution in [3.63, 3.8) is 0 Å². The number of nitrogens with one attached hydrogen (secondary N) is 1. The van der Waals surface area contributed by atoms with Crippen molar-refractivity contribution in [2.24, 2.45) is 0 Å². The molecule has 2 heterocycles. The maximum absolute atomic E-state index is 12.4. The van der Waals surface area contributed by atoms with Gasteiger partial charge in [0.1, 0.15) is 5.58 Å². The molecule has 2 aromatic heterocycles. The summed E-state index contributed by atoms with van der Waals surface area (Å²) in [4.78, 5) is 18.9. The molecule has 0 radical (unpaired) electrons. The van der Waals surface area contributed by atoms with E-state index in [2.05, 4.69) is 35.6 Å². The van der Waals surface area contributed by atoms with Gasteiger partial charge in [0.15, 0.2) is 0 Å². The van der Waals surface area contributed by atoms with Crippen molar-refractivity contribution >= 4 is 22.4 Å². The lowest BCUT2D eigenvalue weighted by Crippen LogP contribution is -2.21. The van der Waals surface area contributed by atoms with E-state index >= 15 is 0 Å².